The number of aliphatic imine (C=N–C) groups is 1. The number of halogens is 3. The van der Waals surface area contributed by atoms with E-state index in [1.807, 2.05) is 0 Å². The van der Waals surface area contributed by atoms with Crippen molar-refractivity contribution in [2.75, 3.05) is 0 Å². The van der Waals surface area contributed by atoms with Crippen molar-refractivity contribution < 1.29 is 21.6 Å². The molecule has 0 amide bonds. The maximum Gasteiger partial charge on any atom is 0.416 e. The molecule has 0 saturated heterocycles. The topological polar surface area (TPSA) is 72.5 Å². The molecule has 0 radical (unpaired) electrons. The van der Waals surface area contributed by atoms with Crippen LogP contribution in [0.2, 0.25) is 0 Å². The van der Waals surface area contributed by atoms with E-state index in [0.717, 1.165) is 12.1 Å². The molecule has 3 rings (SSSR count). The lowest BCUT2D eigenvalue weighted by Crippen LogP contribution is -2.12. The molecule has 126 valence electrons. The molecule has 0 aliphatic carbocycles. The normalized spacial score (nSPS) is 14.0. The Kier molecular flexibility index (Phi) is 3.76. The van der Waals surface area contributed by atoms with Crippen molar-refractivity contribution in [2.45, 2.75) is 24.5 Å². The van der Waals surface area contributed by atoms with Crippen LogP contribution in [0.3, 0.4) is 0 Å². The number of nitrogens with two attached hydrogens (primary N) is 1. The van der Waals surface area contributed by atoms with Crippen LogP contribution in [-0.4, -0.2) is 14.6 Å². The zero-order chi connectivity index (χ0) is 17.7. The minimum absolute atomic E-state index is 0.0824. The second kappa shape index (κ2) is 5.42. The van der Waals surface area contributed by atoms with Gasteiger partial charge in [-0.1, -0.05) is 6.07 Å². The summed E-state index contributed by atoms with van der Waals surface area (Å²) < 4.78 is 62.2. The number of fused-ring (bicyclic) bond motifs is 1. The first-order valence-corrected chi connectivity index (χ1v) is 8.50. The summed E-state index contributed by atoms with van der Waals surface area (Å²) in [6.07, 6.45) is -2.93. The molecule has 0 spiro atoms. The van der Waals surface area contributed by atoms with Crippen LogP contribution in [0.4, 0.5) is 13.2 Å². The lowest BCUT2D eigenvalue weighted by atomic mass is 9.92. The number of sulfonamides is 1. The monoisotopic (exact) mass is 354 g/mol. The molecule has 0 saturated carbocycles. The third kappa shape index (κ3) is 2.94. The summed E-state index contributed by atoms with van der Waals surface area (Å²) in [7, 11) is -3.87. The Hall–Kier alpha value is -2.19. The fourth-order valence-electron chi connectivity index (χ4n) is 2.73. The van der Waals surface area contributed by atoms with Crippen LogP contribution in [0.1, 0.15) is 22.3 Å². The summed E-state index contributed by atoms with van der Waals surface area (Å²) >= 11 is 0. The molecule has 1 aliphatic heterocycles. The largest absolute Gasteiger partial charge is 0.416 e. The van der Waals surface area contributed by atoms with Gasteiger partial charge in [0, 0.05) is 11.8 Å². The van der Waals surface area contributed by atoms with Crippen molar-refractivity contribution in [3.63, 3.8) is 0 Å². The Balaban J connectivity index is 2.23. The van der Waals surface area contributed by atoms with Gasteiger partial charge < -0.3 is 0 Å². The highest BCUT2D eigenvalue weighted by atomic mass is 32.2. The lowest BCUT2D eigenvalue weighted by Gasteiger charge is -2.15. The van der Waals surface area contributed by atoms with E-state index in [1.165, 1.54) is 24.4 Å². The molecule has 2 aromatic rings. The van der Waals surface area contributed by atoms with Gasteiger partial charge in [-0.05, 0) is 53.4 Å². The van der Waals surface area contributed by atoms with E-state index in [-0.39, 0.29) is 11.4 Å². The van der Waals surface area contributed by atoms with Gasteiger partial charge in [-0.2, -0.15) is 13.2 Å². The van der Waals surface area contributed by atoms with Crippen LogP contribution in [0, 0.1) is 6.92 Å². The summed E-state index contributed by atoms with van der Waals surface area (Å²) in [6.45, 7) is 1.82. The van der Waals surface area contributed by atoms with E-state index in [4.69, 9.17) is 5.14 Å². The molecule has 1 aliphatic rings. The van der Waals surface area contributed by atoms with Gasteiger partial charge in [-0.15, -0.1) is 0 Å². The summed E-state index contributed by atoms with van der Waals surface area (Å²) in [5, 5.41) is 5.09. The first kappa shape index (κ1) is 16.7. The Morgan fingerprint density at radius 3 is 2.42 bits per heavy atom. The number of rotatable bonds is 2. The van der Waals surface area contributed by atoms with Crippen molar-refractivity contribution in [2.24, 2.45) is 10.1 Å². The van der Waals surface area contributed by atoms with E-state index < -0.39 is 21.8 Å². The SMILES string of the molecule is Cc1cc(S(N)(=O)=O)ccc1-c1cc(C(F)(F)F)cc2c1C=NC2. The average Bonchev–Trinajstić information content (AvgIpc) is 2.92. The smallest absolute Gasteiger partial charge is 0.288 e. The van der Waals surface area contributed by atoms with Gasteiger partial charge in [0.05, 0.1) is 17.0 Å². The molecular weight excluding hydrogens is 341 g/mol. The van der Waals surface area contributed by atoms with Crippen LogP contribution >= 0.6 is 0 Å². The van der Waals surface area contributed by atoms with Crippen LogP contribution in [0.25, 0.3) is 11.1 Å². The van der Waals surface area contributed by atoms with E-state index in [9.17, 15) is 21.6 Å². The second-order valence-electron chi connectivity index (χ2n) is 5.59. The summed E-state index contributed by atoms with van der Waals surface area (Å²) in [5.41, 5.74) is 1.77. The quantitative estimate of drug-likeness (QED) is 0.899. The van der Waals surface area contributed by atoms with E-state index in [2.05, 4.69) is 4.99 Å². The van der Waals surface area contributed by atoms with Crippen molar-refractivity contribution >= 4 is 16.2 Å². The fourth-order valence-corrected chi connectivity index (χ4v) is 3.33. The molecular formula is C16H13F3N2O2S. The van der Waals surface area contributed by atoms with Gasteiger partial charge in [0.2, 0.25) is 10.0 Å². The van der Waals surface area contributed by atoms with Gasteiger partial charge in [0.1, 0.15) is 0 Å². The fraction of sp³-hybridized carbons (Fsp3) is 0.188. The molecule has 0 fully saturated rings. The highest BCUT2D eigenvalue weighted by Gasteiger charge is 2.32. The molecule has 1 heterocycles. The van der Waals surface area contributed by atoms with Gasteiger partial charge >= 0.3 is 6.18 Å². The molecule has 2 N–H and O–H groups in total. The van der Waals surface area contributed by atoms with Crippen LogP contribution in [-0.2, 0) is 22.7 Å². The van der Waals surface area contributed by atoms with Gasteiger partial charge in [0.25, 0.3) is 0 Å². The Bertz CT molecular complexity index is 964. The number of aryl methyl sites for hydroxylation is 1. The zero-order valence-corrected chi connectivity index (χ0v) is 13.4. The maximum absolute atomic E-state index is 13.1. The second-order valence-corrected chi connectivity index (χ2v) is 7.15. The predicted octanol–water partition coefficient (Wildman–Crippen LogP) is 3.26. The Labute approximate surface area is 136 Å². The molecule has 0 aromatic heterocycles. The highest BCUT2D eigenvalue weighted by Crippen LogP contribution is 2.38. The first-order chi connectivity index (χ1) is 11.1. The molecule has 24 heavy (non-hydrogen) atoms. The summed E-state index contributed by atoms with van der Waals surface area (Å²) in [4.78, 5) is 3.96. The zero-order valence-electron chi connectivity index (χ0n) is 12.6. The molecule has 2 aromatic carbocycles. The van der Waals surface area contributed by atoms with E-state index in [0.29, 0.717) is 27.8 Å². The number of alkyl halides is 3. The lowest BCUT2D eigenvalue weighted by molar-refractivity contribution is -0.137. The third-order valence-electron chi connectivity index (χ3n) is 3.89. The van der Waals surface area contributed by atoms with Gasteiger partial charge in [0.15, 0.2) is 0 Å². The van der Waals surface area contributed by atoms with Crippen LogP contribution in [0.15, 0.2) is 40.2 Å². The van der Waals surface area contributed by atoms with Crippen LogP contribution in [0.5, 0.6) is 0 Å². The minimum Gasteiger partial charge on any atom is -0.288 e. The highest BCUT2D eigenvalue weighted by molar-refractivity contribution is 7.89. The van der Waals surface area contributed by atoms with Crippen molar-refractivity contribution in [1.29, 1.82) is 0 Å². The standard InChI is InChI=1S/C16H13F3N2O2S/c1-9-4-12(24(20,22)23)2-3-13(9)14-6-11(16(17,18)19)5-10-7-21-8-15(10)14/h2-6,8H,7H2,1H3,(H2,20,22,23). The number of benzene rings is 2. The number of nitrogens with zero attached hydrogens (tertiary/aromatic N) is 1. The minimum atomic E-state index is -4.47. The predicted molar refractivity (Wildman–Crippen MR) is 84.3 cm³/mol. The Morgan fingerprint density at radius 1 is 1.12 bits per heavy atom. The van der Waals surface area contributed by atoms with E-state index in [1.54, 1.807) is 6.92 Å². The van der Waals surface area contributed by atoms with Crippen molar-refractivity contribution in [3.8, 4) is 11.1 Å². The molecule has 0 unspecified atom stereocenters. The number of primary sulfonamides is 1. The van der Waals surface area contributed by atoms with Crippen LogP contribution < -0.4 is 5.14 Å². The maximum atomic E-state index is 13.1. The molecule has 8 heteroatoms. The first-order valence-electron chi connectivity index (χ1n) is 6.95. The van der Waals surface area contributed by atoms with Crippen molar-refractivity contribution in [1.82, 2.24) is 0 Å². The van der Waals surface area contributed by atoms with Crippen molar-refractivity contribution in [3.05, 3.63) is 52.6 Å². The number of hydrogen-bond acceptors (Lipinski definition) is 3. The molecule has 0 bridgehead atoms. The third-order valence-corrected chi connectivity index (χ3v) is 4.80. The summed E-state index contributed by atoms with van der Waals surface area (Å²) in [5.74, 6) is 0. The number of hydrogen-bond donors (Lipinski definition) is 1. The molecule has 0 atom stereocenters. The van der Waals surface area contributed by atoms with Gasteiger partial charge in [-0.3, -0.25) is 4.99 Å². The summed E-state index contributed by atoms with van der Waals surface area (Å²) in [6, 6.07) is 6.27. The average molecular weight is 354 g/mol. The van der Waals surface area contributed by atoms with E-state index >= 15 is 0 Å². The van der Waals surface area contributed by atoms with Gasteiger partial charge in [-0.25, -0.2) is 13.6 Å². The molecule has 4 nitrogen and oxygen atoms in total. The Morgan fingerprint density at radius 2 is 1.83 bits per heavy atom.